The fraction of sp³-hybridized carbons (Fsp3) is 0. The van der Waals surface area contributed by atoms with Crippen LogP contribution >= 0.6 is 0 Å². The Bertz CT molecular complexity index is 473. The Labute approximate surface area is 137 Å². The molecule has 0 unspecified atom stereocenters. The zero-order chi connectivity index (χ0) is 18.0. The zero-order valence-electron chi connectivity index (χ0n) is 8.98. The van der Waals surface area contributed by atoms with Crippen molar-refractivity contribution in [2.75, 3.05) is 0 Å². The predicted octanol–water partition coefficient (Wildman–Crippen LogP) is -2.61. The van der Waals surface area contributed by atoms with Crippen LogP contribution in [0, 0.1) is 0 Å². The molecule has 0 aromatic rings. The van der Waals surface area contributed by atoms with Crippen molar-refractivity contribution < 1.29 is 96.3 Å². The Balaban J connectivity index is -0.0000000533. The largest absolute Gasteiger partial charge is 0.394 e. The summed E-state index contributed by atoms with van der Waals surface area (Å²) in [6.45, 7) is 0. The Morgan fingerprint density at radius 3 is 0.333 bits per heavy atom. The first kappa shape index (κ1) is 33.1. The fourth-order valence-electron chi connectivity index (χ4n) is 0. The Morgan fingerprint density at radius 1 is 0.333 bits per heavy atom. The SMILES string of the molecule is O=S(=O)(O)O.O=S(=O)(O)O.O=S(=O)(O)O.O=S(=O)(O)O.[Zr]. The molecule has 0 radical (unpaired) electrons. The van der Waals surface area contributed by atoms with E-state index in [4.69, 9.17) is 70.1 Å². The first-order valence-electron chi connectivity index (χ1n) is 2.79. The van der Waals surface area contributed by atoms with E-state index < -0.39 is 41.6 Å². The van der Waals surface area contributed by atoms with Gasteiger partial charge in [0.2, 0.25) is 0 Å². The van der Waals surface area contributed by atoms with Gasteiger partial charge in [-0.25, -0.2) is 0 Å². The second kappa shape index (κ2) is 12.9. The van der Waals surface area contributed by atoms with E-state index in [1.54, 1.807) is 0 Å². The number of rotatable bonds is 0. The monoisotopic (exact) mass is 482 g/mol. The topological polar surface area (TPSA) is 298 Å². The summed E-state index contributed by atoms with van der Waals surface area (Å²) >= 11 is 0. The van der Waals surface area contributed by atoms with Gasteiger partial charge in [-0.15, -0.1) is 0 Å². The molecule has 0 rings (SSSR count). The van der Waals surface area contributed by atoms with Crippen molar-refractivity contribution in [3.05, 3.63) is 0 Å². The third kappa shape index (κ3) is 52100. The van der Waals surface area contributed by atoms with Crippen molar-refractivity contribution in [2.45, 2.75) is 0 Å². The summed E-state index contributed by atoms with van der Waals surface area (Å²) in [6, 6.07) is 0. The Kier molecular flexibility index (Phi) is 20.3. The molecule has 0 atom stereocenters. The summed E-state index contributed by atoms with van der Waals surface area (Å²) in [5.74, 6) is 0. The normalized spacial score (nSPS) is 11.0. The van der Waals surface area contributed by atoms with Gasteiger partial charge in [0.1, 0.15) is 0 Å². The minimum absolute atomic E-state index is 0. The molecule has 132 valence electrons. The van der Waals surface area contributed by atoms with Crippen LogP contribution in [0.1, 0.15) is 0 Å². The van der Waals surface area contributed by atoms with Gasteiger partial charge in [-0.05, 0) is 0 Å². The minimum Gasteiger partial charge on any atom is -0.264 e. The molecule has 0 heterocycles. The van der Waals surface area contributed by atoms with Crippen LogP contribution in [0.15, 0.2) is 0 Å². The Morgan fingerprint density at radius 2 is 0.333 bits per heavy atom. The Hall–Kier alpha value is 0.363. The van der Waals surface area contributed by atoms with E-state index in [1.165, 1.54) is 0 Å². The molecule has 0 aliphatic heterocycles. The van der Waals surface area contributed by atoms with Crippen LogP contribution in [0.3, 0.4) is 0 Å². The van der Waals surface area contributed by atoms with Gasteiger partial charge in [0, 0.05) is 26.2 Å². The van der Waals surface area contributed by atoms with Gasteiger partial charge in [0.15, 0.2) is 0 Å². The van der Waals surface area contributed by atoms with Gasteiger partial charge in [-0.3, -0.25) is 36.4 Å². The van der Waals surface area contributed by atoms with E-state index in [0.717, 1.165) is 0 Å². The third-order valence-electron chi connectivity index (χ3n) is 0. The molecule has 21 heavy (non-hydrogen) atoms. The summed E-state index contributed by atoms with van der Waals surface area (Å²) < 4.78 is 126. The van der Waals surface area contributed by atoms with Crippen LogP contribution in [0.25, 0.3) is 0 Å². The summed E-state index contributed by atoms with van der Waals surface area (Å²) in [6.07, 6.45) is 0. The summed E-state index contributed by atoms with van der Waals surface area (Å²) in [7, 11) is -18.7. The van der Waals surface area contributed by atoms with E-state index in [0.29, 0.717) is 0 Å². The molecule has 0 aliphatic rings. The van der Waals surface area contributed by atoms with Crippen molar-refractivity contribution in [3.63, 3.8) is 0 Å². The van der Waals surface area contributed by atoms with Gasteiger partial charge in [-0.2, -0.15) is 33.7 Å². The molecule has 0 spiro atoms. The van der Waals surface area contributed by atoms with E-state index in [1.807, 2.05) is 0 Å². The zero-order valence-corrected chi connectivity index (χ0v) is 14.7. The standard InChI is InChI=1S/4H2O4S.Zr/c4*1-5(2,3)4;/h4*(H2,1,2,3,4);. The van der Waals surface area contributed by atoms with E-state index in [-0.39, 0.29) is 26.2 Å². The second-order valence-corrected chi connectivity index (χ2v) is 5.37. The predicted molar refractivity (Wildman–Crippen MR) is 56.7 cm³/mol. The van der Waals surface area contributed by atoms with Gasteiger partial charge < -0.3 is 0 Å². The van der Waals surface area contributed by atoms with Gasteiger partial charge >= 0.3 is 41.6 Å². The van der Waals surface area contributed by atoms with Crippen LogP contribution in [0.2, 0.25) is 0 Å². The molecule has 0 bridgehead atoms. The summed E-state index contributed by atoms with van der Waals surface area (Å²) in [4.78, 5) is 0. The van der Waals surface area contributed by atoms with Crippen molar-refractivity contribution in [2.24, 2.45) is 0 Å². The minimum atomic E-state index is -4.67. The quantitative estimate of drug-likeness (QED) is 0.163. The van der Waals surface area contributed by atoms with Crippen LogP contribution in [0.4, 0.5) is 0 Å². The molecular weight excluding hydrogens is 475 g/mol. The first-order valence-corrected chi connectivity index (χ1v) is 8.38. The summed E-state index contributed by atoms with van der Waals surface area (Å²) in [5, 5.41) is 0. The maximum atomic E-state index is 8.74. The van der Waals surface area contributed by atoms with Crippen LogP contribution < -0.4 is 0 Å². The van der Waals surface area contributed by atoms with E-state index in [2.05, 4.69) is 0 Å². The number of hydrogen-bond donors (Lipinski definition) is 8. The van der Waals surface area contributed by atoms with Crippen LogP contribution in [-0.2, 0) is 67.8 Å². The molecule has 8 N–H and O–H groups in total. The molecular formula is H8O16S4Zr. The van der Waals surface area contributed by atoms with Crippen LogP contribution in [-0.4, -0.2) is 70.1 Å². The molecule has 0 aromatic carbocycles. The first-order chi connectivity index (χ1) is 8.00. The maximum absolute atomic E-state index is 8.74. The van der Waals surface area contributed by atoms with Gasteiger partial charge in [0.25, 0.3) is 0 Å². The van der Waals surface area contributed by atoms with Gasteiger partial charge in [0.05, 0.1) is 0 Å². The fourth-order valence-corrected chi connectivity index (χ4v) is 0. The average molecular weight is 484 g/mol. The van der Waals surface area contributed by atoms with Crippen molar-refractivity contribution in [1.29, 1.82) is 0 Å². The molecule has 0 aromatic heterocycles. The van der Waals surface area contributed by atoms with E-state index in [9.17, 15) is 0 Å². The number of hydrogen-bond acceptors (Lipinski definition) is 8. The van der Waals surface area contributed by atoms with Crippen molar-refractivity contribution in [1.82, 2.24) is 0 Å². The third-order valence-corrected chi connectivity index (χ3v) is 0. The molecule has 0 amide bonds. The van der Waals surface area contributed by atoms with E-state index >= 15 is 0 Å². The average Bonchev–Trinajstić information content (AvgIpc) is 1.62. The summed E-state index contributed by atoms with van der Waals surface area (Å²) in [5.41, 5.74) is 0. The molecule has 0 saturated heterocycles. The second-order valence-electron chi connectivity index (χ2n) is 1.79. The molecule has 0 fully saturated rings. The molecule has 21 heteroatoms. The maximum Gasteiger partial charge on any atom is 0.394 e. The van der Waals surface area contributed by atoms with Crippen LogP contribution in [0.5, 0.6) is 0 Å². The van der Waals surface area contributed by atoms with Gasteiger partial charge in [-0.1, -0.05) is 0 Å². The smallest absolute Gasteiger partial charge is 0.264 e. The van der Waals surface area contributed by atoms with Crippen molar-refractivity contribution in [3.8, 4) is 0 Å². The molecule has 0 saturated carbocycles. The molecule has 16 nitrogen and oxygen atoms in total. The molecule has 0 aliphatic carbocycles. The van der Waals surface area contributed by atoms with Crippen molar-refractivity contribution >= 4 is 41.6 Å².